The molecule has 1 fully saturated rings. The van der Waals surface area contributed by atoms with Crippen LogP contribution in [-0.4, -0.2) is 49.8 Å². The van der Waals surface area contributed by atoms with Gasteiger partial charge in [-0.3, -0.25) is 4.90 Å². The van der Waals surface area contributed by atoms with Gasteiger partial charge in [0.15, 0.2) is 0 Å². The number of nitrogens with zero attached hydrogens (tertiary/aromatic N) is 3. The monoisotopic (exact) mass is 480 g/mol. The molecule has 2 aromatic carbocycles. The summed E-state index contributed by atoms with van der Waals surface area (Å²) in [6, 6.07) is 12.7. The Kier molecular flexibility index (Phi) is 6.95. The zero-order valence-corrected chi connectivity index (χ0v) is 18.9. The Morgan fingerprint density at radius 1 is 1.13 bits per heavy atom. The maximum Gasteiger partial charge on any atom is 0.249 e. The van der Waals surface area contributed by atoms with Gasteiger partial charge in [0.2, 0.25) is 21.8 Å². The van der Waals surface area contributed by atoms with Gasteiger partial charge in [0.05, 0.1) is 35.2 Å². The van der Waals surface area contributed by atoms with Crippen LogP contribution in [0.2, 0.25) is 5.02 Å². The second kappa shape index (κ2) is 9.68. The zero-order chi connectivity index (χ0) is 21.8. The topological polar surface area (TPSA) is 112 Å². The third-order valence-electron chi connectivity index (χ3n) is 4.74. The summed E-state index contributed by atoms with van der Waals surface area (Å²) in [7, 11) is -3.99. The quantitative estimate of drug-likeness (QED) is 0.513. The van der Waals surface area contributed by atoms with Crippen LogP contribution in [0.15, 0.2) is 56.7 Å². The molecular weight excluding hydrogens is 460 g/mol. The van der Waals surface area contributed by atoms with Crippen LogP contribution < -0.4 is 5.14 Å². The van der Waals surface area contributed by atoms with Gasteiger partial charge in [-0.25, -0.2) is 13.6 Å². The highest BCUT2D eigenvalue weighted by atomic mass is 35.5. The summed E-state index contributed by atoms with van der Waals surface area (Å²) < 4.78 is 35.6. The average molecular weight is 481 g/mol. The molecule has 0 radical (unpaired) electrons. The lowest BCUT2D eigenvalue weighted by molar-refractivity contribution is 0.0306. The Labute approximate surface area is 189 Å². The van der Waals surface area contributed by atoms with Gasteiger partial charge in [-0.05, 0) is 17.7 Å². The van der Waals surface area contributed by atoms with E-state index in [2.05, 4.69) is 15.1 Å². The smallest absolute Gasteiger partial charge is 0.249 e. The molecule has 4 rings (SSSR count). The first-order valence-corrected chi connectivity index (χ1v) is 12.5. The fourth-order valence-corrected chi connectivity index (χ4v) is 5.52. The van der Waals surface area contributed by atoms with Gasteiger partial charge in [0.25, 0.3) is 0 Å². The normalized spacial score (nSPS) is 15.3. The molecule has 1 aliphatic heterocycles. The molecule has 0 amide bonds. The Morgan fingerprint density at radius 3 is 2.58 bits per heavy atom. The molecule has 2 heterocycles. The van der Waals surface area contributed by atoms with Gasteiger partial charge in [-0.1, -0.05) is 41.9 Å². The van der Waals surface area contributed by atoms with Crippen LogP contribution in [0.4, 0.5) is 0 Å². The van der Waals surface area contributed by atoms with E-state index in [9.17, 15) is 8.42 Å². The molecule has 8 nitrogen and oxygen atoms in total. The lowest BCUT2D eigenvalue weighted by Gasteiger charge is -2.24. The number of hydrogen-bond acceptors (Lipinski definition) is 8. The molecule has 1 aliphatic rings. The Hall–Kier alpha value is -1.95. The van der Waals surface area contributed by atoms with E-state index < -0.39 is 10.0 Å². The van der Waals surface area contributed by atoms with E-state index in [0.29, 0.717) is 46.9 Å². The molecular formula is C20H21ClN4O4S2. The van der Waals surface area contributed by atoms with Crippen molar-refractivity contribution in [2.24, 2.45) is 5.14 Å². The van der Waals surface area contributed by atoms with E-state index >= 15 is 0 Å². The maximum atomic E-state index is 12.3. The Balaban J connectivity index is 1.60. The highest BCUT2D eigenvalue weighted by Gasteiger charge is 2.22. The predicted octanol–water partition coefficient (Wildman–Crippen LogP) is 3.16. The molecule has 3 aromatic rings. The van der Waals surface area contributed by atoms with Crippen molar-refractivity contribution in [3.63, 3.8) is 0 Å². The molecule has 1 saturated heterocycles. The fraction of sp³-hybridized carbons (Fsp3) is 0.300. The fourth-order valence-electron chi connectivity index (χ4n) is 3.15. The molecule has 31 heavy (non-hydrogen) atoms. The summed E-state index contributed by atoms with van der Waals surface area (Å²) in [6.07, 6.45) is 0. The van der Waals surface area contributed by atoms with E-state index in [0.717, 1.165) is 18.7 Å². The second-order valence-corrected chi connectivity index (χ2v) is 9.94. The number of hydrogen-bond donors (Lipinski definition) is 1. The first-order valence-electron chi connectivity index (χ1n) is 9.56. The highest BCUT2D eigenvalue weighted by Crippen LogP contribution is 2.37. The van der Waals surface area contributed by atoms with E-state index in [4.69, 9.17) is 25.9 Å². The van der Waals surface area contributed by atoms with Crippen LogP contribution in [0.3, 0.4) is 0 Å². The van der Waals surface area contributed by atoms with Gasteiger partial charge in [-0.15, -0.1) is 22.0 Å². The van der Waals surface area contributed by atoms with Crippen LogP contribution in [-0.2, 0) is 27.1 Å². The van der Waals surface area contributed by atoms with Crippen molar-refractivity contribution >= 4 is 33.4 Å². The van der Waals surface area contributed by atoms with Crippen molar-refractivity contribution in [3.8, 4) is 11.5 Å². The van der Waals surface area contributed by atoms with E-state index in [1.165, 1.54) is 17.8 Å². The van der Waals surface area contributed by atoms with Crippen molar-refractivity contribution in [1.29, 1.82) is 0 Å². The average Bonchev–Trinajstić information content (AvgIpc) is 3.21. The number of primary sulfonamides is 1. The van der Waals surface area contributed by atoms with Crippen LogP contribution in [0, 0.1) is 0 Å². The minimum atomic E-state index is -3.99. The minimum absolute atomic E-state index is 0.0271. The van der Waals surface area contributed by atoms with Crippen LogP contribution >= 0.6 is 23.4 Å². The Bertz CT molecular complexity index is 1150. The zero-order valence-electron chi connectivity index (χ0n) is 16.5. The largest absolute Gasteiger partial charge is 0.419 e. The van der Waals surface area contributed by atoms with Crippen LogP contribution in [0.5, 0.6) is 0 Å². The number of thioether (sulfide) groups is 1. The maximum absolute atomic E-state index is 12.3. The molecule has 164 valence electrons. The number of nitrogens with two attached hydrogens (primary N) is 1. The molecule has 0 atom stereocenters. The van der Waals surface area contributed by atoms with E-state index in [1.807, 2.05) is 30.3 Å². The molecule has 0 spiro atoms. The third-order valence-corrected chi connectivity index (χ3v) is 7.26. The third kappa shape index (κ3) is 5.65. The van der Waals surface area contributed by atoms with Gasteiger partial charge < -0.3 is 9.15 Å². The number of ether oxygens (including phenoxy) is 1. The summed E-state index contributed by atoms with van der Waals surface area (Å²) in [6.45, 7) is 3.36. The lowest BCUT2D eigenvalue weighted by Crippen LogP contribution is -2.35. The number of morpholine rings is 1. The summed E-state index contributed by atoms with van der Waals surface area (Å²) in [5.41, 5.74) is 1.38. The van der Waals surface area contributed by atoms with Crippen LogP contribution in [0.25, 0.3) is 11.5 Å². The number of aromatic nitrogens is 2. The van der Waals surface area contributed by atoms with Crippen molar-refractivity contribution < 1.29 is 17.6 Å². The first-order chi connectivity index (χ1) is 14.9. The number of sulfonamides is 1. The molecule has 11 heteroatoms. The lowest BCUT2D eigenvalue weighted by atomic mass is 10.2. The predicted molar refractivity (Wildman–Crippen MR) is 118 cm³/mol. The van der Waals surface area contributed by atoms with Gasteiger partial charge in [-0.2, -0.15) is 0 Å². The minimum Gasteiger partial charge on any atom is -0.419 e. The van der Waals surface area contributed by atoms with E-state index in [-0.39, 0.29) is 10.8 Å². The second-order valence-electron chi connectivity index (χ2n) is 6.99. The van der Waals surface area contributed by atoms with E-state index in [1.54, 1.807) is 6.07 Å². The number of benzene rings is 2. The van der Waals surface area contributed by atoms with Crippen molar-refractivity contribution in [1.82, 2.24) is 15.1 Å². The van der Waals surface area contributed by atoms with Crippen molar-refractivity contribution in [2.45, 2.75) is 22.1 Å². The highest BCUT2D eigenvalue weighted by molar-refractivity contribution is 7.99. The molecule has 0 unspecified atom stereocenters. The summed E-state index contributed by atoms with van der Waals surface area (Å²) >= 11 is 7.81. The molecule has 0 saturated carbocycles. The summed E-state index contributed by atoms with van der Waals surface area (Å²) in [5.74, 6) is 1.15. The van der Waals surface area contributed by atoms with Crippen molar-refractivity contribution in [2.75, 3.05) is 26.3 Å². The standard InChI is InChI=1S/C20H21ClN4O4S2/c21-16-11-17(30-13-14-4-2-1-3-5-14)18(31(22,26)27)10-15(16)20-24-23-19(29-20)12-25-6-8-28-9-7-25/h1-5,10-11H,6-9,12-13H2,(H2,22,26,27). The number of rotatable bonds is 7. The number of halogens is 1. The molecule has 0 aliphatic carbocycles. The molecule has 1 aromatic heterocycles. The van der Waals surface area contributed by atoms with Gasteiger partial charge in [0.1, 0.15) is 0 Å². The van der Waals surface area contributed by atoms with Gasteiger partial charge in [0, 0.05) is 23.7 Å². The summed E-state index contributed by atoms with van der Waals surface area (Å²) in [5, 5.41) is 13.9. The summed E-state index contributed by atoms with van der Waals surface area (Å²) in [4.78, 5) is 2.58. The SMILES string of the molecule is NS(=O)(=O)c1cc(-c2nnc(CN3CCOCC3)o2)c(Cl)cc1SCc1ccccc1. The Morgan fingerprint density at radius 2 is 1.87 bits per heavy atom. The van der Waals surface area contributed by atoms with Crippen molar-refractivity contribution in [3.05, 3.63) is 58.9 Å². The first kappa shape index (κ1) is 22.3. The van der Waals surface area contributed by atoms with Gasteiger partial charge >= 0.3 is 0 Å². The van der Waals surface area contributed by atoms with Crippen LogP contribution in [0.1, 0.15) is 11.5 Å². The molecule has 2 N–H and O–H groups in total. The molecule has 0 bridgehead atoms.